The van der Waals surface area contributed by atoms with Gasteiger partial charge in [-0.25, -0.2) is 0 Å². The molecule has 0 bridgehead atoms. The predicted molar refractivity (Wildman–Crippen MR) is 66.2 cm³/mol. The second-order valence-corrected chi connectivity index (χ2v) is 5.07. The summed E-state index contributed by atoms with van der Waals surface area (Å²) in [6.45, 7) is 0. The van der Waals surface area contributed by atoms with E-state index in [9.17, 15) is 9.90 Å². The van der Waals surface area contributed by atoms with Crippen LogP contribution in [0.1, 0.15) is 36.2 Å². The van der Waals surface area contributed by atoms with Crippen molar-refractivity contribution in [2.75, 3.05) is 0 Å². The van der Waals surface area contributed by atoms with E-state index < -0.39 is 0 Å². The highest BCUT2D eigenvalue weighted by Crippen LogP contribution is 2.19. The molecule has 1 heterocycles. The van der Waals surface area contributed by atoms with Crippen molar-refractivity contribution in [3.8, 4) is 0 Å². The van der Waals surface area contributed by atoms with E-state index in [1.807, 2.05) is 0 Å². The van der Waals surface area contributed by atoms with Gasteiger partial charge in [0.05, 0.1) is 11.1 Å². The fraction of sp³-hybridized carbons (Fsp3) is 0.583. The number of aromatic nitrogens is 1. The Kier molecular flexibility index (Phi) is 3.74. The van der Waals surface area contributed by atoms with Gasteiger partial charge in [0.1, 0.15) is 5.69 Å². The minimum absolute atomic E-state index is 0.0965. The van der Waals surface area contributed by atoms with E-state index in [0.717, 1.165) is 25.7 Å². The zero-order valence-corrected chi connectivity index (χ0v) is 10.6. The molecule has 1 amide bonds. The Morgan fingerprint density at radius 2 is 2.12 bits per heavy atom. The van der Waals surface area contributed by atoms with E-state index in [1.54, 1.807) is 23.9 Å². The highest BCUT2D eigenvalue weighted by molar-refractivity contribution is 6.31. The molecule has 0 aliphatic heterocycles. The lowest BCUT2D eigenvalue weighted by atomic mass is 9.93. The SMILES string of the molecule is Cn1cc(Cl)cc1C(=O)NC1CCC(O)CC1. The van der Waals surface area contributed by atoms with E-state index in [-0.39, 0.29) is 18.1 Å². The van der Waals surface area contributed by atoms with Crippen molar-refractivity contribution in [2.45, 2.75) is 37.8 Å². The number of carbonyl (C=O) groups is 1. The monoisotopic (exact) mass is 256 g/mol. The van der Waals surface area contributed by atoms with Crippen LogP contribution in [-0.2, 0) is 7.05 Å². The molecule has 1 aliphatic rings. The average Bonchev–Trinajstić information content (AvgIpc) is 2.61. The van der Waals surface area contributed by atoms with Gasteiger partial charge >= 0.3 is 0 Å². The third-order valence-corrected chi connectivity index (χ3v) is 3.44. The Morgan fingerprint density at radius 1 is 1.47 bits per heavy atom. The number of amides is 1. The summed E-state index contributed by atoms with van der Waals surface area (Å²) in [4.78, 5) is 12.0. The average molecular weight is 257 g/mol. The molecule has 1 aromatic rings. The van der Waals surface area contributed by atoms with Crippen molar-refractivity contribution >= 4 is 17.5 Å². The van der Waals surface area contributed by atoms with Crippen LogP contribution in [0.15, 0.2) is 12.3 Å². The molecular formula is C12H17ClN2O2. The van der Waals surface area contributed by atoms with E-state index in [2.05, 4.69) is 5.32 Å². The minimum atomic E-state index is -0.201. The summed E-state index contributed by atoms with van der Waals surface area (Å²) in [6.07, 6.45) is 4.71. The van der Waals surface area contributed by atoms with E-state index >= 15 is 0 Å². The molecule has 17 heavy (non-hydrogen) atoms. The molecule has 94 valence electrons. The molecule has 0 atom stereocenters. The molecule has 0 saturated heterocycles. The van der Waals surface area contributed by atoms with Gasteiger partial charge in [0, 0.05) is 19.3 Å². The molecule has 1 aliphatic carbocycles. The van der Waals surface area contributed by atoms with Gasteiger partial charge in [0.25, 0.3) is 5.91 Å². The molecule has 0 spiro atoms. The maximum atomic E-state index is 12.0. The number of hydrogen-bond acceptors (Lipinski definition) is 2. The van der Waals surface area contributed by atoms with Gasteiger partial charge in [0.2, 0.25) is 0 Å². The largest absolute Gasteiger partial charge is 0.393 e. The molecule has 2 N–H and O–H groups in total. The van der Waals surface area contributed by atoms with E-state index in [4.69, 9.17) is 11.6 Å². The number of aliphatic hydroxyl groups is 1. The number of aliphatic hydroxyl groups excluding tert-OH is 1. The Morgan fingerprint density at radius 3 is 2.65 bits per heavy atom. The lowest BCUT2D eigenvalue weighted by Crippen LogP contribution is -2.39. The third-order valence-electron chi connectivity index (χ3n) is 3.24. The molecule has 1 saturated carbocycles. The first-order valence-electron chi connectivity index (χ1n) is 5.87. The number of hydrogen-bond donors (Lipinski definition) is 2. The van der Waals surface area contributed by atoms with E-state index in [1.165, 1.54) is 0 Å². The molecule has 1 fully saturated rings. The summed E-state index contributed by atoms with van der Waals surface area (Å²) in [5.41, 5.74) is 0.570. The normalized spacial score (nSPS) is 24.6. The summed E-state index contributed by atoms with van der Waals surface area (Å²) in [7, 11) is 1.80. The van der Waals surface area contributed by atoms with Crippen molar-refractivity contribution in [2.24, 2.45) is 7.05 Å². The van der Waals surface area contributed by atoms with Gasteiger partial charge in [-0.3, -0.25) is 4.79 Å². The molecule has 0 radical (unpaired) electrons. The summed E-state index contributed by atoms with van der Waals surface area (Å²) in [5, 5.41) is 12.9. The number of carbonyl (C=O) groups excluding carboxylic acids is 1. The van der Waals surface area contributed by atoms with Crippen LogP contribution in [-0.4, -0.2) is 27.7 Å². The van der Waals surface area contributed by atoms with Crippen LogP contribution in [0.3, 0.4) is 0 Å². The zero-order chi connectivity index (χ0) is 12.4. The van der Waals surface area contributed by atoms with E-state index in [0.29, 0.717) is 10.7 Å². The Balaban J connectivity index is 1.95. The fourth-order valence-corrected chi connectivity index (χ4v) is 2.48. The predicted octanol–water partition coefficient (Wildman–Crippen LogP) is 1.71. The van der Waals surface area contributed by atoms with Gasteiger partial charge in [0.15, 0.2) is 0 Å². The second kappa shape index (κ2) is 5.10. The maximum Gasteiger partial charge on any atom is 0.268 e. The molecule has 2 rings (SSSR count). The van der Waals surface area contributed by atoms with Crippen LogP contribution in [0, 0.1) is 0 Å². The number of nitrogens with one attached hydrogen (secondary N) is 1. The van der Waals surface area contributed by atoms with Gasteiger partial charge in [-0.05, 0) is 31.7 Å². The molecule has 4 nitrogen and oxygen atoms in total. The van der Waals surface area contributed by atoms with Crippen molar-refractivity contribution in [3.63, 3.8) is 0 Å². The minimum Gasteiger partial charge on any atom is -0.393 e. The summed E-state index contributed by atoms with van der Waals surface area (Å²) >= 11 is 5.84. The highest BCUT2D eigenvalue weighted by Gasteiger charge is 2.22. The smallest absolute Gasteiger partial charge is 0.268 e. The standard InChI is InChI=1S/C12H17ClN2O2/c1-15-7-8(13)6-11(15)12(17)14-9-2-4-10(16)5-3-9/h6-7,9-10,16H,2-5H2,1H3,(H,14,17). The molecule has 0 aromatic carbocycles. The van der Waals surface area contributed by atoms with Gasteiger partial charge in [-0.15, -0.1) is 0 Å². The first kappa shape index (κ1) is 12.5. The van der Waals surface area contributed by atoms with Crippen LogP contribution in [0.25, 0.3) is 0 Å². The number of nitrogens with zero attached hydrogens (tertiary/aromatic N) is 1. The summed E-state index contributed by atoms with van der Waals surface area (Å²) in [6, 6.07) is 1.83. The lowest BCUT2D eigenvalue weighted by molar-refractivity contribution is 0.0860. The second-order valence-electron chi connectivity index (χ2n) is 4.63. The van der Waals surface area contributed by atoms with Gasteiger partial charge in [-0.1, -0.05) is 11.6 Å². The Hall–Kier alpha value is -1.00. The fourth-order valence-electron chi connectivity index (χ4n) is 2.23. The maximum absolute atomic E-state index is 12.0. The number of rotatable bonds is 2. The van der Waals surface area contributed by atoms with Crippen molar-refractivity contribution in [3.05, 3.63) is 23.0 Å². The topological polar surface area (TPSA) is 54.3 Å². The van der Waals surface area contributed by atoms with Gasteiger partial charge < -0.3 is 15.0 Å². The highest BCUT2D eigenvalue weighted by atomic mass is 35.5. The third kappa shape index (κ3) is 3.01. The summed E-state index contributed by atoms with van der Waals surface area (Å²) in [5.74, 6) is -0.0965. The van der Waals surface area contributed by atoms with Crippen LogP contribution < -0.4 is 5.32 Å². The number of aryl methyl sites for hydroxylation is 1. The zero-order valence-electron chi connectivity index (χ0n) is 9.82. The van der Waals surface area contributed by atoms with Crippen molar-refractivity contribution < 1.29 is 9.90 Å². The molecule has 1 aromatic heterocycles. The van der Waals surface area contributed by atoms with Crippen LogP contribution >= 0.6 is 11.6 Å². The Labute approximate surface area is 106 Å². The molecule has 5 heteroatoms. The van der Waals surface area contributed by atoms with Crippen LogP contribution in [0.5, 0.6) is 0 Å². The molecule has 0 unspecified atom stereocenters. The van der Waals surface area contributed by atoms with Crippen LogP contribution in [0.4, 0.5) is 0 Å². The number of halogens is 1. The Bertz CT molecular complexity index is 409. The first-order chi connectivity index (χ1) is 8.06. The van der Waals surface area contributed by atoms with Crippen molar-refractivity contribution in [1.82, 2.24) is 9.88 Å². The summed E-state index contributed by atoms with van der Waals surface area (Å²) < 4.78 is 1.72. The molecular weight excluding hydrogens is 240 g/mol. The first-order valence-corrected chi connectivity index (χ1v) is 6.25. The lowest BCUT2D eigenvalue weighted by Gasteiger charge is -2.26. The van der Waals surface area contributed by atoms with Crippen LogP contribution in [0.2, 0.25) is 5.02 Å². The quantitative estimate of drug-likeness (QED) is 0.847. The van der Waals surface area contributed by atoms with Crippen molar-refractivity contribution in [1.29, 1.82) is 0 Å². The van der Waals surface area contributed by atoms with Gasteiger partial charge in [-0.2, -0.15) is 0 Å².